The van der Waals surface area contributed by atoms with Crippen LogP contribution in [0.4, 0.5) is 0 Å². The molecule has 6 nitrogen and oxygen atoms in total. The molecule has 0 N–H and O–H groups in total. The summed E-state index contributed by atoms with van der Waals surface area (Å²) in [4.78, 5) is 37.4. The Morgan fingerprint density at radius 2 is 0.745 bits per heavy atom. The standard InChI is InChI=1S/C45H86O6/c1-6-8-9-23-30-35-43(46)49-38-42(39-50-44(47)36-31-26-22-18-19-24-28-33-40(3)4)51-45(48)37-32-27-21-17-15-13-11-10-12-14-16-20-25-29-34-41(5)7-2/h40-42H,6-39H2,1-5H3/t41?,42-/m1/s1. The Balaban J connectivity index is 4.16. The summed E-state index contributed by atoms with van der Waals surface area (Å²) in [6.07, 6.45) is 35.5. The van der Waals surface area contributed by atoms with Gasteiger partial charge in [-0.05, 0) is 31.1 Å². The van der Waals surface area contributed by atoms with Crippen molar-refractivity contribution in [2.45, 2.75) is 246 Å². The first-order valence-corrected chi connectivity index (χ1v) is 22.3. The van der Waals surface area contributed by atoms with E-state index in [2.05, 4.69) is 34.6 Å². The summed E-state index contributed by atoms with van der Waals surface area (Å²) < 4.78 is 16.6. The molecule has 0 aromatic rings. The van der Waals surface area contributed by atoms with Gasteiger partial charge in [0.15, 0.2) is 6.10 Å². The Morgan fingerprint density at radius 3 is 1.12 bits per heavy atom. The van der Waals surface area contributed by atoms with Gasteiger partial charge in [0.05, 0.1) is 0 Å². The van der Waals surface area contributed by atoms with Gasteiger partial charge in [-0.15, -0.1) is 0 Å². The lowest BCUT2D eigenvalue weighted by Gasteiger charge is -2.18. The van der Waals surface area contributed by atoms with Crippen LogP contribution in [0.1, 0.15) is 240 Å². The van der Waals surface area contributed by atoms with Crippen LogP contribution in [0.25, 0.3) is 0 Å². The van der Waals surface area contributed by atoms with Gasteiger partial charge < -0.3 is 14.2 Å². The van der Waals surface area contributed by atoms with Crippen molar-refractivity contribution in [2.24, 2.45) is 11.8 Å². The molecule has 0 aromatic heterocycles. The molecule has 51 heavy (non-hydrogen) atoms. The van der Waals surface area contributed by atoms with E-state index in [9.17, 15) is 14.4 Å². The quantitative estimate of drug-likeness (QED) is 0.0357. The summed E-state index contributed by atoms with van der Waals surface area (Å²) in [5, 5.41) is 0. The maximum Gasteiger partial charge on any atom is 0.306 e. The SMILES string of the molecule is CCCCCCCC(=O)OC[C@H](COC(=O)CCCCCCCCCC(C)C)OC(=O)CCCCCCCCCCCCCCCCC(C)CC. The van der Waals surface area contributed by atoms with E-state index in [1.165, 1.54) is 122 Å². The number of hydrogen-bond acceptors (Lipinski definition) is 6. The molecule has 2 atom stereocenters. The third-order valence-electron chi connectivity index (χ3n) is 10.3. The molecular weight excluding hydrogens is 636 g/mol. The van der Waals surface area contributed by atoms with Crippen LogP contribution in [0.15, 0.2) is 0 Å². The van der Waals surface area contributed by atoms with E-state index in [0.717, 1.165) is 76.0 Å². The fraction of sp³-hybridized carbons (Fsp3) is 0.933. The molecule has 0 rings (SSSR count). The number of unbranched alkanes of at least 4 members (excludes halogenated alkanes) is 23. The molecule has 0 fully saturated rings. The Labute approximate surface area is 317 Å². The highest BCUT2D eigenvalue weighted by atomic mass is 16.6. The van der Waals surface area contributed by atoms with Crippen molar-refractivity contribution >= 4 is 17.9 Å². The second-order valence-corrected chi connectivity index (χ2v) is 16.1. The van der Waals surface area contributed by atoms with Crippen molar-refractivity contribution in [1.29, 1.82) is 0 Å². The van der Waals surface area contributed by atoms with Gasteiger partial charge in [0.2, 0.25) is 0 Å². The van der Waals surface area contributed by atoms with Gasteiger partial charge in [-0.2, -0.15) is 0 Å². The fourth-order valence-corrected chi connectivity index (χ4v) is 6.54. The summed E-state index contributed by atoms with van der Waals surface area (Å²) in [5.41, 5.74) is 0. The van der Waals surface area contributed by atoms with Gasteiger partial charge in [0, 0.05) is 19.3 Å². The van der Waals surface area contributed by atoms with Crippen molar-refractivity contribution in [3.63, 3.8) is 0 Å². The zero-order valence-electron chi connectivity index (χ0n) is 34.7. The number of carbonyl (C=O) groups excluding carboxylic acids is 3. The van der Waals surface area contributed by atoms with Gasteiger partial charge in [0.25, 0.3) is 0 Å². The number of rotatable bonds is 39. The largest absolute Gasteiger partial charge is 0.462 e. The predicted molar refractivity (Wildman–Crippen MR) is 215 cm³/mol. The van der Waals surface area contributed by atoms with Crippen molar-refractivity contribution in [1.82, 2.24) is 0 Å². The molecule has 0 heterocycles. The molecule has 0 aliphatic heterocycles. The van der Waals surface area contributed by atoms with E-state index in [0.29, 0.717) is 19.3 Å². The topological polar surface area (TPSA) is 78.9 Å². The predicted octanol–water partition coefficient (Wildman–Crippen LogP) is 13.8. The molecule has 0 saturated heterocycles. The van der Waals surface area contributed by atoms with E-state index in [-0.39, 0.29) is 31.1 Å². The minimum atomic E-state index is -0.758. The minimum absolute atomic E-state index is 0.0669. The van der Waals surface area contributed by atoms with Crippen molar-refractivity contribution in [3.05, 3.63) is 0 Å². The van der Waals surface area contributed by atoms with Crippen LogP contribution < -0.4 is 0 Å². The molecule has 0 radical (unpaired) electrons. The molecular formula is C45H86O6. The van der Waals surface area contributed by atoms with Crippen LogP contribution in [0.2, 0.25) is 0 Å². The summed E-state index contributed by atoms with van der Waals surface area (Å²) in [5.74, 6) is 0.801. The highest BCUT2D eigenvalue weighted by Crippen LogP contribution is 2.17. The van der Waals surface area contributed by atoms with Crippen molar-refractivity contribution in [2.75, 3.05) is 13.2 Å². The Kier molecular flexibility index (Phi) is 37.0. The van der Waals surface area contributed by atoms with Crippen molar-refractivity contribution < 1.29 is 28.6 Å². The first-order chi connectivity index (χ1) is 24.8. The van der Waals surface area contributed by atoms with Crippen LogP contribution in [-0.2, 0) is 28.6 Å². The summed E-state index contributed by atoms with van der Waals surface area (Å²) in [7, 11) is 0. The van der Waals surface area contributed by atoms with Crippen LogP contribution in [0, 0.1) is 11.8 Å². The smallest absolute Gasteiger partial charge is 0.306 e. The second kappa shape index (κ2) is 38.1. The zero-order chi connectivity index (χ0) is 37.6. The number of hydrogen-bond donors (Lipinski definition) is 0. The third kappa shape index (κ3) is 38.0. The summed E-state index contributed by atoms with van der Waals surface area (Å²) >= 11 is 0. The van der Waals surface area contributed by atoms with E-state index >= 15 is 0 Å². The molecule has 0 bridgehead atoms. The van der Waals surface area contributed by atoms with E-state index < -0.39 is 6.10 Å². The molecule has 1 unspecified atom stereocenters. The molecule has 6 heteroatoms. The average Bonchev–Trinajstić information content (AvgIpc) is 3.11. The maximum atomic E-state index is 12.7. The Hall–Kier alpha value is -1.59. The summed E-state index contributed by atoms with van der Waals surface area (Å²) in [6, 6.07) is 0. The van der Waals surface area contributed by atoms with Gasteiger partial charge in [-0.1, -0.05) is 202 Å². The zero-order valence-corrected chi connectivity index (χ0v) is 34.7. The van der Waals surface area contributed by atoms with E-state index in [1.807, 2.05) is 0 Å². The number of carbonyl (C=O) groups is 3. The molecule has 0 aliphatic carbocycles. The number of ether oxygens (including phenoxy) is 3. The van der Waals surface area contributed by atoms with Gasteiger partial charge in [0.1, 0.15) is 13.2 Å². The third-order valence-corrected chi connectivity index (χ3v) is 10.3. The monoisotopic (exact) mass is 723 g/mol. The highest BCUT2D eigenvalue weighted by Gasteiger charge is 2.19. The fourth-order valence-electron chi connectivity index (χ4n) is 6.54. The molecule has 0 saturated carbocycles. The van der Waals surface area contributed by atoms with Crippen LogP contribution in [0.3, 0.4) is 0 Å². The normalized spacial score (nSPS) is 12.6. The Morgan fingerprint density at radius 1 is 0.412 bits per heavy atom. The molecule has 0 aromatic carbocycles. The van der Waals surface area contributed by atoms with Gasteiger partial charge in [-0.3, -0.25) is 14.4 Å². The van der Waals surface area contributed by atoms with Crippen LogP contribution >= 0.6 is 0 Å². The van der Waals surface area contributed by atoms with E-state index in [1.54, 1.807) is 0 Å². The van der Waals surface area contributed by atoms with Crippen LogP contribution in [-0.4, -0.2) is 37.2 Å². The minimum Gasteiger partial charge on any atom is -0.462 e. The molecule has 0 amide bonds. The highest BCUT2D eigenvalue weighted by molar-refractivity contribution is 5.71. The molecule has 0 spiro atoms. The number of esters is 3. The van der Waals surface area contributed by atoms with Gasteiger partial charge in [-0.25, -0.2) is 0 Å². The lowest BCUT2D eigenvalue weighted by atomic mass is 9.99. The maximum absolute atomic E-state index is 12.7. The van der Waals surface area contributed by atoms with Crippen molar-refractivity contribution in [3.8, 4) is 0 Å². The van der Waals surface area contributed by atoms with Crippen LogP contribution in [0.5, 0.6) is 0 Å². The van der Waals surface area contributed by atoms with E-state index in [4.69, 9.17) is 14.2 Å². The molecule has 302 valence electrons. The first-order valence-electron chi connectivity index (χ1n) is 22.3. The average molecular weight is 723 g/mol. The summed E-state index contributed by atoms with van der Waals surface area (Å²) in [6.45, 7) is 11.2. The lowest BCUT2D eigenvalue weighted by molar-refractivity contribution is -0.167. The molecule has 0 aliphatic rings. The second-order valence-electron chi connectivity index (χ2n) is 16.1. The van der Waals surface area contributed by atoms with Gasteiger partial charge >= 0.3 is 17.9 Å². The lowest BCUT2D eigenvalue weighted by Crippen LogP contribution is -2.30. The Bertz CT molecular complexity index is 781. The first kappa shape index (κ1) is 49.4.